The average molecular weight is 289 g/mol. The largest absolute Gasteiger partial charge is 0.231 e. The number of benzene rings is 1. The molecule has 2 aromatic heterocycles. The second-order valence-electron chi connectivity index (χ2n) is 4.46. The van der Waals surface area contributed by atoms with Gasteiger partial charge in [-0.15, -0.1) is 11.3 Å². The zero-order valence-corrected chi connectivity index (χ0v) is 12.1. The van der Waals surface area contributed by atoms with Crippen molar-refractivity contribution in [3.8, 4) is 5.00 Å². The van der Waals surface area contributed by atoms with Crippen LogP contribution in [-0.4, -0.2) is 9.78 Å². The maximum Gasteiger partial charge on any atom is 0.117 e. The van der Waals surface area contributed by atoms with Gasteiger partial charge in [0, 0.05) is 28.7 Å². The van der Waals surface area contributed by atoms with Gasteiger partial charge in [0.2, 0.25) is 0 Å². The summed E-state index contributed by atoms with van der Waals surface area (Å²) in [5.74, 6) is 0. The normalized spacial score (nSPS) is 10.8. The Balaban J connectivity index is 1.86. The molecule has 4 heteroatoms. The molecule has 3 rings (SSSR count). The SMILES string of the molecule is Cc1ccc(Cl)c(Cc2ccc(-n3cccn3)s2)c1. The van der Waals surface area contributed by atoms with E-state index in [-0.39, 0.29) is 0 Å². The summed E-state index contributed by atoms with van der Waals surface area (Å²) >= 11 is 7.98. The Morgan fingerprint density at radius 3 is 2.95 bits per heavy atom. The third-order valence-corrected chi connectivity index (χ3v) is 4.39. The fraction of sp³-hybridized carbons (Fsp3) is 0.133. The fourth-order valence-corrected chi connectivity index (χ4v) is 3.16. The number of hydrogen-bond acceptors (Lipinski definition) is 2. The molecule has 1 aromatic carbocycles. The second-order valence-corrected chi connectivity index (χ2v) is 6.02. The van der Waals surface area contributed by atoms with Crippen molar-refractivity contribution in [2.24, 2.45) is 0 Å². The van der Waals surface area contributed by atoms with Crippen molar-refractivity contribution in [1.29, 1.82) is 0 Å². The Morgan fingerprint density at radius 2 is 2.16 bits per heavy atom. The van der Waals surface area contributed by atoms with Crippen molar-refractivity contribution in [3.63, 3.8) is 0 Å². The van der Waals surface area contributed by atoms with Gasteiger partial charge in [-0.25, -0.2) is 4.68 Å². The Kier molecular flexibility index (Phi) is 3.40. The van der Waals surface area contributed by atoms with Crippen molar-refractivity contribution in [2.75, 3.05) is 0 Å². The lowest BCUT2D eigenvalue weighted by Gasteiger charge is -2.03. The van der Waals surface area contributed by atoms with Crippen LogP contribution in [0.4, 0.5) is 0 Å². The first-order valence-corrected chi connectivity index (χ1v) is 7.25. The Morgan fingerprint density at radius 1 is 1.26 bits per heavy atom. The highest BCUT2D eigenvalue weighted by atomic mass is 35.5. The van der Waals surface area contributed by atoms with E-state index < -0.39 is 0 Å². The zero-order valence-electron chi connectivity index (χ0n) is 10.5. The summed E-state index contributed by atoms with van der Waals surface area (Å²) in [6.45, 7) is 2.09. The van der Waals surface area contributed by atoms with Gasteiger partial charge in [-0.1, -0.05) is 29.3 Å². The summed E-state index contributed by atoms with van der Waals surface area (Å²) in [6, 6.07) is 12.3. The van der Waals surface area contributed by atoms with Gasteiger partial charge in [0.1, 0.15) is 5.00 Å². The number of halogens is 1. The average Bonchev–Trinajstić information content (AvgIpc) is 3.04. The lowest BCUT2D eigenvalue weighted by Crippen LogP contribution is -1.89. The van der Waals surface area contributed by atoms with Crippen LogP contribution in [0.3, 0.4) is 0 Å². The molecular formula is C15H13ClN2S. The molecule has 0 aliphatic rings. The minimum absolute atomic E-state index is 0.833. The van der Waals surface area contributed by atoms with Gasteiger partial charge < -0.3 is 0 Å². The zero-order chi connectivity index (χ0) is 13.2. The highest BCUT2D eigenvalue weighted by molar-refractivity contribution is 7.14. The van der Waals surface area contributed by atoms with Crippen LogP contribution >= 0.6 is 22.9 Å². The van der Waals surface area contributed by atoms with Crippen LogP contribution in [-0.2, 0) is 6.42 Å². The van der Waals surface area contributed by atoms with Crippen molar-refractivity contribution >= 4 is 22.9 Å². The monoisotopic (exact) mass is 288 g/mol. The lowest BCUT2D eigenvalue weighted by molar-refractivity contribution is 0.898. The van der Waals surface area contributed by atoms with Gasteiger partial charge in [-0.2, -0.15) is 5.10 Å². The molecule has 0 unspecified atom stereocenters. The molecule has 0 saturated heterocycles. The molecule has 2 nitrogen and oxygen atoms in total. The predicted molar refractivity (Wildman–Crippen MR) is 80.4 cm³/mol. The maximum absolute atomic E-state index is 6.24. The summed E-state index contributed by atoms with van der Waals surface area (Å²) in [6.07, 6.45) is 4.61. The molecule has 0 aliphatic carbocycles. The smallest absolute Gasteiger partial charge is 0.117 e. The van der Waals surface area contributed by atoms with Crippen LogP contribution < -0.4 is 0 Å². The van der Waals surface area contributed by atoms with Crippen molar-refractivity contribution in [2.45, 2.75) is 13.3 Å². The Bertz CT molecular complexity index is 686. The van der Waals surface area contributed by atoms with Crippen LogP contribution in [0, 0.1) is 6.92 Å². The topological polar surface area (TPSA) is 17.8 Å². The molecule has 19 heavy (non-hydrogen) atoms. The van der Waals surface area contributed by atoms with Crippen LogP contribution in [0.2, 0.25) is 5.02 Å². The van der Waals surface area contributed by atoms with E-state index in [2.05, 4.69) is 30.2 Å². The maximum atomic E-state index is 6.24. The molecule has 0 N–H and O–H groups in total. The number of thiophene rings is 1. The van der Waals surface area contributed by atoms with E-state index in [1.165, 1.54) is 16.0 Å². The molecule has 0 bridgehead atoms. The molecule has 0 radical (unpaired) electrons. The van der Waals surface area contributed by atoms with Gasteiger partial charge in [0.05, 0.1) is 0 Å². The van der Waals surface area contributed by atoms with Crippen LogP contribution in [0.15, 0.2) is 48.8 Å². The molecule has 2 heterocycles. The van der Waals surface area contributed by atoms with Crippen molar-refractivity contribution < 1.29 is 0 Å². The molecule has 0 aliphatic heterocycles. The molecular weight excluding hydrogens is 276 g/mol. The van der Waals surface area contributed by atoms with Gasteiger partial charge in [-0.3, -0.25) is 0 Å². The van der Waals surface area contributed by atoms with Gasteiger partial charge in [-0.05, 0) is 36.8 Å². The number of aryl methyl sites for hydroxylation is 1. The third kappa shape index (κ3) is 2.72. The Hall–Kier alpha value is -1.58. The van der Waals surface area contributed by atoms with Crippen LogP contribution in [0.25, 0.3) is 5.00 Å². The first kappa shape index (κ1) is 12.5. The minimum atomic E-state index is 0.833. The van der Waals surface area contributed by atoms with E-state index in [0.29, 0.717) is 0 Å². The van der Waals surface area contributed by atoms with Crippen molar-refractivity contribution in [3.05, 3.63) is 69.8 Å². The molecule has 0 fully saturated rings. The molecule has 0 amide bonds. The molecule has 0 atom stereocenters. The fourth-order valence-electron chi connectivity index (χ4n) is 2.01. The van der Waals surface area contributed by atoms with Crippen LogP contribution in [0.5, 0.6) is 0 Å². The first-order chi connectivity index (χ1) is 9.22. The highest BCUT2D eigenvalue weighted by Gasteiger charge is 2.06. The van der Waals surface area contributed by atoms with E-state index in [4.69, 9.17) is 11.6 Å². The van der Waals surface area contributed by atoms with Gasteiger partial charge in [0.15, 0.2) is 0 Å². The van der Waals surface area contributed by atoms with Crippen LogP contribution in [0.1, 0.15) is 16.0 Å². The predicted octanol–water partition coefficient (Wildman–Crippen LogP) is 4.49. The van der Waals surface area contributed by atoms with E-state index in [9.17, 15) is 0 Å². The second kappa shape index (κ2) is 5.19. The first-order valence-electron chi connectivity index (χ1n) is 6.06. The third-order valence-electron chi connectivity index (χ3n) is 2.94. The number of hydrogen-bond donors (Lipinski definition) is 0. The van der Waals surface area contributed by atoms with E-state index in [1.807, 2.05) is 29.1 Å². The lowest BCUT2D eigenvalue weighted by atomic mass is 10.1. The molecule has 3 aromatic rings. The van der Waals surface area contributed by atoms with E-state index in [1.54, 1.807) is 17.5 Å². The summed E-state index contributed by atoms with van der Waals surface area (Å²) in [5.41, 5.74) is 2.42. The van der Waals surface area contributed by atoms with Crippen molar-refractivity contribution in [1.82, 2.24) is 9.78 Å². The summed E-state index contributed by atoms with van der Waals surface area (Å²) in [5, 5.41) is 6.20. The van der Waals surface area contributed by atoms with E-state index >= 15 is 0 Å². The molecule has 0 spiro atoms. The van der Waals surface area contributed by atoms with E-state index in [0.717, 1.165) is 16.4 Å². The number of aromatic nitrogens is 2. The summed E-state index contributed by atoms with van der Waals surface area (Å²) < 4.78 is 1.88. The van der Waals surface area contributed by atoms with Gasteiger partial charge >= 0.3 is 0 Å². The number of nitrogens with zero attached hydrogens (tertiary/aromatic N) is 2. The molecule has 96 valence electrons. The summed E-state index contributed by atoms with van der Waals surface area (Å²) in [4.78, 5) is 1.29. The minimum Gasteiger partial charge on any atom is -0.231 e. The summed E-state index contributed by atoms with van der Waals surface area (Å²) in [7, 11) is 0. The number of rotatable bonds is 3. The highest BCUT2D eigenvalue weighted by Crippen LogP contribution is 2.26. The molecule has 0 saturated carbocycles. The standard InChI is InChI=1S/C15H13ClN2S/c1-11-3-5-14(16)12(9-11)10-13-4-6-15(19-13)18-8-2-7-17-18/h2-9H,10H2,1H3. The van der Waals surface area contributed by atoms with Gasteiger partial charge in [0.25, 0.3) is 0 Å². The Labute approximate surface area is 121 Å². The quantitative estimate of drug-likeness (QED) is 0.694.